The maximum atomic E-state index is 6.22. The molecule has 0 atom stereocenters. The van der Waals surface area contributed by atoms with Crippen LogP contribution < -0.4 is 10.8 Å². The highest BCUT2D eigenvalue weighted by molar-refractivity contribution is 6.62. The predicted octanol–water partition coefficient (Wildman–Crippen LogP) is 1.98. The highest BCUT2D eigenvalue weighted by Crippen LogP contribution is 2.37. The van der Waals surface area contributed by atoms with Crippen LogP contribution in [-0.4, -0.2) is 31.4 Å². The predicted molar refractivity (Wildman–Crippen MR) is 82.5 cm³/mol. The SMILES string of the molecule is Cc1ccc(C2CNC2)c(B2OC(C)(C)C(C)(C)O2)c1. The molecule has 3 nitrogen and oxygen atoms in total. The first-order valence-electron chi connectivity index (χ1n) is 7.47. The maximum absolute atomic E-state index is 6.22. The zero-order chi connectivity index (χ0) is 14.5. The molecular formula is C16H24BNO2. The molecule has 2 aliphatic heterocycles. The summed E-state index contributed by atoms with van der Waals surface area (Å²) in [6, 6.07) is 6.64. The summed E-state index contributed by atoms with van der Waals surface area (Å²) in [5.41, 5.74) is 3.27. The van der Waals surface area contributed by atoms with Gasteiger partial charge in [0.05, 0.1) is 11.2 Å². The lowest BCUT2D eigenvalue weighted by molar-refractivity contribution is 0.00578. The van der Waals surface area contributed by atoms with E-state index in [-0.39, 0.29) is 18.3 Å². The molecule has 4 heteroatoms. The fourth-order valence-corrected chi connectivity index (χ4v) is 2.75. The van der Waals surface area contributed by atoms with Crippen LogP contribution in [0.5, 0.6) is 0 Å². The molecule has 0 saturated carbocycles. The van der Waals surface area contributed by atoms with Crippen molar-refractivity contribution in [3.63, 3.8) is 0 Å². The fourth-order valence-electron chi connectivity index (χ4n) is 2.75. The lowest BCUT2D eigenvalue weighted by atomic mass is 9.71. The normalized spacial score (nSPS) is 24.8. The Bertz CT molecular complexity index is 507. The first-order chi connectivity index (χ1) is 9.30. The van der Waals surface area contributed by atoms with Crippen LogP contribution in [0.3, 0.4) is 0 Å². The monoisotopic (exact) mass is 273 g/mol. The zero-order valence-corrected chi connectivity index (χ0v) is 13.1. The van der Waals surface area contributed by atoms with Crippen LogP contribution in [0.1, 0.15) is 44.7 Å². The maximum Gasteiger partial charge on any atom is 0.495 e. The third-order valence-electron chi connectivity index (χ3n) is 4.97. The van der Waals surface area contributed by atoms with Crippen LogP contribution in [0.2, 0.25) is 0 Å². The van der Waals surface area contributed by atoms with Crippen molar-refractivity contribution in [2.24, 2.45) is 0 Å². The van der Waals surface area contributed by atoms with E-state index in [9.17, 15) is 0 Å². The largest absolute Gasteiger partial charge is 0.495 e. The van der Waals surface area contributed by atoms with Crippen molar-refractivity contribution in [1.82, 2.24) is 5.32 Å². The van der Waals surface area contributed by atoms with Crippen LogP contribution >= 0.6 is 0 Å². The van der Waals surface area contributed by atoms with Crippen molar-refractivity contribution in [2.75, 3.05) is 13.1 Å². The minimum atomic E-state index is -0.281. The number of benzene rings is 1. The molecule has 0 bridgehead atoms. The van der Waals surface area contributed by atoms with Gasteiger partial charge in [-0.05, 0) is 45.6 Å². The summed E-state index contributed by atoms with van der Waals surface area (Å²) < 4.78 is 12.4. The standard InChI is InChI=1S/C16H24BNO2/c1-11-6-7-13(12-9-18-10-12)14(8-11)17-19-15(2,3)16(4,5)20-17/h6-8,12,18H,9-10H2,1-5H3. The van der Waals surface area contributed by atoms with Crippen molar-refractivity contribution in [2.45, 2.75) is 51.7 Å². The average Bonchev–Trinajstić information content (AvgIpc) is 2.48. The minimum Gasteiger partial charge on any atom is -0.399 e. The van der Waals surface area contributed by atoms with Crippen molar-refractivity contribution < 1.29 is 9.31 Å². The molecule has 108 valence electrons. The van der Waals surface area contributed by atoms with Gasteiger partial charge in [0.2, 0.25) is 0 Å². The van der Waals surface area contributed by atoms with Crippen molar-refractivity contribution in [3.05, 3.63) is 29.3 Å². The van der Waals surface area contributed by atoms with Crippen LogP contribution in [0.15, 0.2) is 18.2 Å². The highest BCUT2D eigenvalue weighted by atomic mass is 16.7. The summed E-state index contributed by atoms with van der Waals surface area (Å²) in [5.74, 6) is 0.588. The van der Waals surface area contributed by atoms with E-state index >= 15 is 0 Å². The fraction of sp³-hybridized carbons (Fsp3) is 0.625. The third-order valence-corrected chi connectivity index (χ3v) is 4.97. The van der Waals surface area contributed by atoms with Gasteiger partial charge in [0.15, 0.2) is 0 Å². The zero-order valence-electron chi connectivity index (χ0n) is 13.1. The molecule has 2 aliphatic rings. The lowest BCUT2D eigenvalue weighted by Gasteiger charge is -2.32. The molecule has 3 rings (SSSR count). The summed E-state index contributed by atoms with van der Waals surface area (Å²) in [4.78, 5) is 0. The Morgan fingerprint density at radius 3 is 2.20 bits per heavy atom. The summed E-state index contributed by atoms with van der Waals surface area (Å²) in [6.07, 6.45) is 0. The number of hydrogen-bond acceptors (Lipinski definition) is 3. The van der Waals surface area contributed by atoms with Crippen LogP contribution in [0.4, 0.5) is 0 Å². The molecule has 0 unspecified atom stereocenters. The summed E-state index contributed by atoms with van der Waals surface area (Å²) in [7, 11) is -0.254. The number of hydrogen-bond donors (Lipinski definition) is 1. The van der Waals surface area contributed by atoms with Crippen molar-refractivity contribution >= 4 is 12.6 Å². The molecule has 0 radical (unpaired) electrons. The van der Waals surface area contributed by atoms with Gasteiger partial charge in [0.1, 0.15) is 0 Å². The molecule has 20 heavy (non-hydrogen) atoms. The Kier molecular flexibility index (Phi) is 3.24. The second-order valence-electron chi connectivity index (χ2n) is 7.08. The topological polar surface area (TPSA) is 30.5 Å². The Morgan fingerprint density at radius 2 is 1.70 bits per heavy atom. The smallest absolute Gasteiger partial charge is 0.399 e. The van der Waals surface area contributed by atoms with E-state index in [0.717, 1.165) is 13.1 Å². The first-order valence-corrected chi connectivity index (χ1v) is 7.47. The van der Waals surface area contributed by atoms with Crippen molar-refractivity contribution in [1.29, 1.82) is 0 Å². The van der Waals surface area contributed by atoms with Gasteiger partial charge < -0.3 is 14.6 Å². The third kappa shape index (κ3) is 2.20. The van der Waals surface area contributed by atoms with E-state index in [4.69, 9.17) is 9.31 Å². The molecule has 0 aromatic heterocycles. The second kappa shape index (κ2) is 4.59. The Balaban J connectivity index is 1.96. The van der Waals surface area contributed by atoms with Gasteiger partial charge in [-0.1, -0.05) is 23.8 Å². The van der Waals surface area contributed by atoms with Gasteiger partial charge >= 0.3 is 7.12 Å². The van der Waals surface area contributed by atoms with E-state index < -0.39 is 0 Å². The van der Waals surface area contributed by atoms with E-state index in [0.29, 0.717) is 5.92 Å². The van der Waals surface area contributed by atoms with E-state index in [1.165, 1.54) is 16.6 Å². The van der Waals surface area contributed by atoms with Crippen LogP contribution in [0.25, 0.3) is 0 Å². The Labute approximate surface area is 122 Å². The first kappa shape index (κ1) is 14.1. The van der Waals surface area contributed by atoms with E-state index in [1.807, 2.05) is 0 Å². The summed E-state index contributed by atoms with van der Waals surface area (Å²) in [6.45, 7) is 12.6. The van der Waals surface area contributed by atoms with Gasteiger partial charge in [-0.15, -0.1) is 0 Å². The number of aryl methyl sites for hydroxylation is 1. The summed E-state index contributed by atoms with van der Waals surface area (Å²) in [5, 5.41) is 3.34. The van der Waals surface area contributed by atoms with Gasteiger partial charge in [-0.25, -0.2) is 0 Å². The molecule has 1 aromatic carbocycles. The van der Waals surface area contributed by atoms with Gasteiger partial charge in [0.25, 0.3) is 0 Å². The molecule has 0 amide bonds. The number of nitrogens with one attached hydrogen (secondary N) is 1. The molecule has 1 aromatic rings. The second-order valence-corrected chi connectivity index (χ2v) is 7.08. The molecule has 0 spiro atoms. The number of rotatable bonds is 2. The molecule has 0 aliphatic carbocycles. The van der Waals surface area contributed by atoms with Gasteiger partial charge in [-0.3, -0.25) is 0 Å². The van der Waals surface area contributed by atoms with Gasteiger partial charge in [-0.2, -0.15) is 0 Å². The van der Waals surface area contributed by atoms with Crippen LogP contribution in [-0.2, 0) is 9.31 Å². The highest BCUT2D eigenvalue weighted by Gasteiger charge is 2.52. The lowest BCUT2D eigenvalue weighted by Crippen LogP contribution is -2.46. The van der Waals surface area contributed by atoms with E-state index in [1.54, 1.807) is 0 Å². The molecule has 2 fully saturated rings. The average molecular weight is 273 g/mol. The quantitative estimate of drug-likeness (QED) is 0.836. The van der Waals surface area contributed by atoms with Gasteiger partial charge in [0, 0.05) is 19.0 Å². The summed E-state index contributed by atoms with van der Waals surface area (Å²) >= 11 is 0. The minimum absolute atomic E-state index is 0.254. The Morgan fingerprint density at radius 1 is 1.10 bits per heavy atom. The van der Waals surface area contributed by atoms with Crippen molar-refractivity contribution in [3.8, 4) is 0 Å². The molecule has 2 heterocycles. The Hall–Kier alpha value is -0.835. The van der Waals surface area contributed by atoms with E-state index in [2.05, 4.69) is 58.1 Å². The molecule has 2 saturated heterocycles. The molecular weight excluding hydrogens is 249 g/mol. The van der Waals surface area contributed by atoms with Crippen LogP contribution in [0, 0.1) is 6.92 Å². The molecule has 1 N–H and O–H groups in total.